The summed E-state index contributed by atoms with van der Waals surface area (Å²) in [7, 11) is 0. The van der Waals surface area contributed by atoms with E-state index in [1.54, 1.807) is 0 Å². The third kappa shape index (κ3) is 3.01. The van der Waals surface area contributed by atoms with Crippen molar-refractivity contribution in [2.45, 2.75) is 65.7 Å². The number of piperidine rings is 1. The molecule has 1 aliphatic heterocycles. The summed E-state index contributed by atoms with van der Waals surface area (Å²) in [6, 6.07) is 0. The molecule has 2 amide bonds. The molecule has 2 aliphatic rings. The lowest BCUT2D eigenvalue weighted by atomic mass is 9.58. The first kappa shape index (κ1) is 14.5. The Balaban J connectivity index is 2.17. The van der Waals surface area contributed by atoms with Crippen molar-refractivity contribution in [3.8, 4) is 0 Å². The molecule has 1 N–H and O–H groups in total. The van der Waals surface area contributed by atoms with Crippen LogP contribution in [-0.4, -0.2) is 11.8 Å². The number of hydrogen-bond acceptors (Lipinski definition) is 2. The van der Waals surface area contributed by atoms with Gasteiger partial charge in [-0.25, -0.2) is 0 Å². The quantitative estimate of drug-likeness (QED) is 0.796. The standard InChI is InChI=1S/C16H27NO2/c1-4-13-15(19)17-14(18)10-16(13)7-5-6-12(9-16)8-11(2)3/h11-13H,4-10H2,1-3H3,(H,17,18,19). The molecule has 0 radical (unpaired) electrons. The van der Waals surface area contributed by atoms with Crippen LogP contribution in [0.1, 0.15) is 65.7 Å². The number of imide groups is 1. The summed E-state index contributed by atoms with van der Waals surface area (Å²) < 4.78 is 0. The van der Waals surface area contributed by atoms with E-state index in [4.69, 9.17) is 0 Å². The maximum absolute atomic E-state index is 12.1. The van der Waals surface area contributed by atoms with Gasteiger partial charge in [-0.15, -0.1) is 0 Å². The molecule has 3 heteroatoms. The first-order valence-electron chi connectivity index (χ1n) is 7.80. The van der Waals surface area contributed by atoms with Crippen molar-refractivity contribution in [1.29, 1.82) is 0 Å². The van der Waals surface area contributed by atoms with E-state index in [9.17, 15) is 9.59 Å². The fourth-order valence-electron chi connectivity index (χ4n) is 4.47. The van der Waals surface area contributed by atoms with Gasteiger partial charge in [0.25, 0.3) is 0 Å². The van der Waals surface area contributed by atoms with Crippen LogP contribution < -0.4 is 5.32 Å². The molecule has 19 heavy (non-hydrogen) atoms. The molecule has 1 spiro atoms. The molecule has 1 heterocycles. The normalized spacial score (nSPS) is 35.8. The zero-order valence-corrected chi connectivity index (χ0v) is 12.5. The molecule has 108 valence electrons. The van der Waals surface area contributed by atoms with Crippen molar-refractivity contribution in [3.05, 3.63) is 0 Å². The fraction of sp³-hybridized carbons (Fsp3) is 0.875. The highest BCUT2D eigenvalue weighted by Gasteiger charge is 2.49. The van der Waals surface area contributed by atoms with Gasteiger partial charge in [0.1, 0.15) is 0 Å². The van der Waals surface area contributed by atoms with E-state index in [0.717, 1.165) is 19.3 Å². The van der Waals surface area contributed by atoms with E-state index in [2.05, 4.69) is 26.1 Å². The minimum absolute atomic E-state index is 0.0241. The van der Waals surface area contributed by atoms with Crippen molar-refractivity contribution >= 4 is 11.8 Å². The van der Waals surface area contributed by atoms with Gasteiger partial charge < -0.3 is 0 Å². The third-order valence-electron chi connectivity index (χ3n) is 5.03. The Morgan fingerprint density at radius 2 is 2.11 bits per heavy atom. The number of carbonyl (C=O) groups excluding carboxylic acids is 2. The predicted molar refractivity (Wildman–Crippen MR) is 75.4 cm³/mol. The summed E-state index contributed by atoms with van der Waals surface area (Å²) in [5, 5.41) is 2.53. The monoisotopic (exact) mass is 265 g/mol. The zero-order chi connectivity index (χ0) is 14.0. The molecule has 0 aromatic rings. The van der Waals surface area contributed by atoms with E-state index < -0.39 is 0 Å². The van der Waals surface area contributed by atoms with Crippen LogP contribution in [0.25, 0.3) is 0 Å². The lowest BCUT2D eigenvalue weighted by molar-refractivity contribution is -0.146. The molecular weight excluding hydrogens is 238 g/mol. The summed E-state index contributed by atoms with van der Waals surface area (Å²) in [5.74, 6) is 1.36. The maximum atomic E-state index is 12.1. The average Bonchev–Trinajstić information content (AvgIpc) is 2.27. The van der Waals surface area contributed by atoms with Gasteiger partial charge in [0, 0.05) is 12.3 Å². The van der Waals surface area contributed by atoms with Gasteiger partial charge in [-0.3, -0.25) is 14.9 Å². The molecule has 3 atom stereocenters. The molecular formula is C16H27NO2. The molecule has 0 aromatic carbocycles. The topological polar surface area (TPSA) is 46.2 Å². The number of rotatable bonds is 3. The first-order valence-corrected chi connectivity index (χ1v) is 7.80. The highest BCUT2D eigenvalue weighted by atomic mass is 16.2. The van der Waals surface area contributed by atoms with Gasteiger partial charge in [0.15, 0.2) is 0 Å². The van der Waals surface area contributed by atoms with Gasteiger partial charge in [-0.1, -0.05) is 33.6 Å². The van der Waals surface area contributed by atoms with Crippen LogP contribution >= 0.6 is 0 Å². The Morgan fingerprint density at radius 1 is 1.37 bits per heavy atom. The van der Waals surface area contributed by atoms with Crippen LogP contribution in [-0.2, 0) is 9.59 Å². The third-order valence-corrected chi connectivity index (χ3v) is 5.03. The van der Waals surface area contributed by atoms with Crippen LogP contribution in [0.4, 0.5) is 0 Å². The lowest BCUT2D eigenvalue weighted by Crippen LogP contribution is -2.53. The van der Waals surface area contributed by atoms with Crippen LogP contribution in [0.3, 0.4) is 0 Å². The largest absolute Gasteiger partial charge is 0.296 e. The minimum Gasteiger partial charge on any atom is -0.296 e. The molecule has 0 bridgehead atoms. The van der Waals surface area contributed by atoms with E-state index in [1.807, 2.05) is 0 Å². The second-order valence-corrected chi connectivity index (χ2v) is 7.00. The highest BCUT2D eigenvalue weighted by molar-refractivity contribution is 5.99. The highest BCUT2D eigenvalue weighted by Crippen LogP contribution is 2.51. The summed E-state index contributed by atoms with van der Waals surface area (Å²) in [4.78, 5) is 23.9. The van der Waals surface area contributed by atoms with E-state index in [-0.39, 0.29) is 23.1 Å². The number of carbonyl (C=O) groups is 2. The summed E-state index contributed by atoms with van der Waals surface area (Å²) >= 11 is 0. The SMILES string of the molecule is CCC1C(=O)NC(=O)CC12CCCC(CC(C)C)C2. The second-order valence-electron chi connectivity index (χ2n) is 7.00. The van der Waals surface area contributed by atoms with Gasteiger partial charge in [-0.05, 0) is 42.9 Å². The van der Waals surface area contributed by atoms with Gasteiger partial charge in [0.05, 0.1) is 0 Å². The van der Waals surface area contributed by atoms with Crippen LogP contribution in [0, 0.1) is 23.2 Å². The molecule has 2 fully saturated rings. The predicted octanol–water partition coefficient (Wildman–Crippen LogP) is 3.28. The van der Waals surface area contributed by atoms with Crippen molar-refractivity contribution in [1.82, 2.24) is 5.32 Å². The molecule has 3 nitrogen and oxygen atoms in total. The van der Waals surface area contributed by atoms with Crippen molar-refractivity contribution in [3.63, 3.8) is 0 Å². The molecule has 1 aliphatic carbocycles. The Bertz CT molecular complexity index is 364. The van der Waals surface area contributed by atoms with Crippen LogP contribution in [0.15, 0.2) is 0 Å². The van der Waals surface area contributed by atoms with Crippen molar-refractivity contribution < 1.29 is 9.59 Å². The Kier molecular flexibility index (Phi) is 4.32. The minimum atomic E-state index is -0.0557. The number of amides is 2. The first-order chi connectivity index (χ1) is 8.97. The molecule has 1 saturated heterocycles. The van der Waals surface area contributed by atoms with Crippen LogP contribution in [0.2, 0.25) is 0 Å². The number of nitrogens with one attached hydrogen (secondary N) is 1. The number of hydrogen-bond donors (Lipinski definition) is 1. The average molecular weight is 265 g/mol. The molecule has 2 rings (SSSR count). The van der Waals surface area contributed by atoms with Crippen molar-refractivity contribution in [2.75, 3.05) is 0 Å². The van der Waals surface area contributed by atoms with Crippen molar-refractivity contribution in [2.24, 2.45) is 23.2 Å². The van der Waals surface area contributed by atoms with E-state index >= 15 is 0 Å². The zero-order valence-electron chi connectivity index (χ0n) is 12.5. The van der Waals surface area contributed by atoms with Crippen LogP contribution in [0.5, 0.6) is 0 Å². The summed E-state index contributed by atoms with van der Waals surface area (Å²) in [5.41, 5.74) is -0.0357. The Hall–Kier alpha value is -0.860. The van der Waals surface area contributed by atoms with E-state index in [1.165, 1.54) is 19.3 Å². The molecule has 3 unspecified atom stereocenters. The van der Waals surface area contributed by atoms with Gasteiger partial charge in [-0.2, -0.15) is 0 Å². The molecule has 0 aromatic heterocycles. The van der Waals surface area contributed by atoms with Gasteiger partial charge >= 0.3 is 0 Å². The Morgan fingerprint density at radius 3 is 2.74 bits per heavy atom. The smallest absolute Gasteiger partial charge is 0.230 e. The summed E-state index contributed by atoms with van der Waals surface area (Å²) in [6.07, 6.45) is 7.22. The lowest BCUT2D eigenvalue weighted by Gasteiger charge is -2.47. The fourth-order valence-corrected chi connectivity index (χ4v) is 4.47. The second kappa shape index (κ2) is 5.64. The maximum Gasteiger partial charge on any atom is 0.230 e. The van der Waals surface area contributed by atoms with Gasteiger partial charge in [0.2, 0.25) is 11.8 Å². The van der Waals surface area contributed by atoms with E-state index in [0.29, 0.717) is 18.3 Å². The summed E-state index contributed by atoms with van der Waals surface area (Å²) in [6.45, 7) is 6.60. The Labute approximate surface area is 116 Å². The molecule has 1 saturated carbocycles.